The molecule has 0 bridgehead atoms. The minimum Gasteiger partial charge on any atom is -0.491 e. The number of hydrogen-bond acceptors (Lipinski definition) is 7. The number of β-amino-alcohol motifs (C(OH)–C–C–N with tert-alkyl or cyclic N) is 1. The standard InChI is InChI=1S/C27H27ClFN5O4/c28-23-12-25-21(11-24(23)29)26(36)22(15-34(25)18-3-4-18)27(37)31-33-9-7-32(8-10-33)14-19(35)16-38-20-5-1-17(13-30)2-6-20/h1-2,5-6,11-12,15,18-19,35H,3-4,7-10,14,16H2,(H,31,37). The molecule has 5 rings (SSSR count). The van der Waals surface area contributed by atoms with Crippen molar-refractivity contribution in [3.63, 3.8) is 0 Å². The van der Waals surface area contributed by atoms with E-state index in [1.165, 1.54) is 6.07 Å². The number of aliphatic hydroxyl groups is 1. The van der Waals surface area contributed by atoms with Crippen LogP contribution < -0.4 is 15.6 Å². The van der Waals surface area contributed by atoms with E-state index in [1.807, 2.05) is 10.6 Å². The number of carbonyl (C=O) groups excluding carboxylic acids is 1. The summed E-state index contributed by atoms with van der Waals surface area (Å²) in [6, 6.07) is 11.4. The predicted molar refractivity (Wildman–Crippen MR) is 140 cm³/mol. The van der Waals surface area contributed by atoms with Crippen LogP contribution in [0.5, 0.6) is 5.75 Å². The van der Waals surface area contributed by atoms with Gasteiger partial charge in [0, 0.05) is 50.3 Å². The van der Waals surface area contributed by atoms with E-state index >= 15 is 0 Å². The minimum absolute atomic E-state index is 0.0380. The number of piperazine rings is 1. The van der Waals surface area contributed by atoms with Crippen molar-refractivity contribution < 1.29 is 19.0 Å². The third-order valence-electron chi connectivity index (χ3n) is 6.79. The van der Waals surface area contributed by atoms with Gasteiger partial charge in [-0.3, -0.25) is 19.9 Å². The summed E-state index contributed by atoms with van der Waals surface area (Å²) in [7, 11) is 0. The van der Waals surface area contributed by atoms with Gasteiger partial charge < -0.3 is 14.4 Å². The summed E-state index contributed by atoms with van der Waals surface area (Å²) in [6.07, 6.45) is 2.67. The first-order chi connectivity index (χ1) is 18.3. The number of nitrogens with one attached hydrogen (secondary N) is 1. The summed E-state index contributed by atoms with van der Waals surface area (Å²) in [5.41, 5.74) is 3.30. The first-order valence-electron chi connectivity index (χ1n) is 12.5. The second-order valence-electron chi connectivity index (χ2n) is 9.62. The fourth-order valence-electron chi connectivity index (χ4n) is 4.58. The molecule has 2 aliphatic rings. The smallest absolute Gasteiger partial charge is 0.271 e. The number of pyridine rings is 1. The van der Waals surface area contributed by atoms with E-state index in [2.05, 4.69) is 10.3 Å². The van der Waals surface area contributed by atoms with Gasteiger partial charge in [-0.2, -0.15) is 5.26 Å². The predicted octanol–water partition coefficient (Wildman–Crippen LogP) is 2.70. The molecule has 2 aromatic carbocycles. The fourth-order valence-corrected chi connectivity index (χ4v) is 4.73. The molecular formula is C27H27ClFN5O4. The molecule has 1 aromatic heterocycles. The van der Waals surface area contributed by atoms with Gasteiger partial charge in [0.1, 0.15) is 29.8 Å². The van der Waals surface area contributed by atoms with Gasteiger partial charge in [-0.25, -0.2) is 9.40 Å². The van der Waals surface area contributed by atoms with Gasteiger partial charge in [0.05, 0.1) is 22.2 Å². The maximum atomic E-state index is 14.1. The van der Waals surface area contributed by atoms with Crippen LogP contribution in [0.1, 0.15) is 34.8 Å². The number of hydrogen-bond donors (Lipinski definition) is 2. The topological polar surface area (TPSA) is 111 Å². The Morgan fingerprint density at radius 2 is 1.92 bits per heavy atom. The van der Waals surface area contributed by atoms with Crippen LogP contribution in [0.3, 0.4) is 0 Å². The van der Waals surface area contributed by atoms with E-state index in [1.54, 1.807) is 35.5 Å². The Labute approximate surface area is 223 Å². The van der Waals surface area contributed by atoms with Crippen molar-refractivity contribution in [1.29, 1.82) is 5.26 Å². The lowest BCUT2D eigenvalue weighted by atomic mass is 10.1. The van der Waals surface area contributed by atoms with Gasteiger partial charge in [0.2, 0.25) is 5.43 Å². The normalized spacial score (nSPS) is 17.2. The van der Waals surface area contributed by atoms with E-state index in [0.717, 1.165) is 18.9 Å². The minimum atomic E-state index is -0.709. The molecule has 2 N–H and O–H groups in total. The number of benzene rings is 2. The summed E-state index contributed by atoms with van der Waals surface area (Å²) in [5.74, 6) is -0.654. The average Bonchev–Trinajstić information content (AvgIpc) is 3.76. The Kier molecular flexibility index (Phi) is 7.63. The third kappa shape index (κ3) is 5.81. The van der Waals surface area contributed by atoms with Gasteiger partial charge >= 0.3 is 0 Å². The Morgan fingerprint density at radius 1 is 1.21 bits per heavy atom. The molecule has 0 radical (unpaired) electrons. The first kappa shape index (κ1) is 26.1. The van der Waals surface area contributed by atoms with Crippen molar-refractivity contribution in [2.24, 2.45) is 0 Å². The van der Waals surface area contributed by atoms with Crippen LogP contribution in [-0.4, -0.2) is 70.9 Å². The fraction of sp³-hybridized carbons (Fsp3) is 0.370. The third-order valence-corrected chi connectivity index (χ3v) is 7.08. The molecular weight excluding hydrogens is 513 g/mol. The molecule has 3 aromatic rings. The van der Waals surface area contributed by atoms with Gasteiger partial charge in [0.25, 0.3) is 5.91 Å². The zero-order chi connectivity index (χ0) is 26.8. The highest BCUT2D eigenvalue weighted by atomic mass is 35.5. The number of rotatable bonds is 8. The number of aliphatic hydroxyl groups excluding tert-OH is 1. The highest BCUT2D eigenvalue weighted by Gasteiger charge is 2.28. The van der Waals surface area contributed by atoms with Crippen LogP contribution in [0.4, 0.5) is 4.39 Å². The van der Waals surface area contributed by atoms with E-state index < -0.39 is 23.3 Å². The average molecular weight is 540 g/mol. The van der Waals surface area contributed by atoms with E-state index in [4.69, 9.17) is 21.6 Å². The number of hydrazine groups is 1. The molecule has 1 unspecified atom stereocenters. The van der Waals surface area contributed by atoms with Crippen molar-refractivity contribution in [3.05, 3.63) is 74.8 Å². The molecule has 1 atom stereocenters. The van der Waals surface area contributed by atoms with Crippen molar-refractivity contribution in [1.82, 2.24) is 19.9 Å². The largest absolute Gasteiger partial charge is 0.491 e. The molecule has 1 saturated carbocycles. The lowest BCUT2D eigenvalue weighted by Crippen LogP contribution is -2.55. The SMILES string of the molecule is N#Cc1ccc(OCC(O)CN2CCN(NC(=O)c3cn(C4CC4)c4cc(Cl)c(F)cc4c3=O)CC2)cc1. The lowest BCUT2D eigenvalue weighted by molar-refractivity contribution is 0.0316. The van der Waals surface area contributed by atoms with Gasteiger partial charge in [-0.1, -0.05) is 11.6 Å². The Morgan fingerprint density at radius 3 is 2.58 bits per heavy atom. The highest BCUT2D eigenvalue weighted by molar-refractivity contribution is 6.31. The zero-order valence-electron chi connectivity index (χ0n) is 20.6. The molecule has 1 aliphatic carbocycles. The van der Waals surface area contributed by atoms with Crippen molar-refractivity contribution in [3.8, 4) is 11.8 Å². The molecule has 0 spiro atoms. The quantitative estimate of drug-likeness (QED) is 0.453. The summed E-state index contributed by atoms with van der Waals surface area (Å²) in [4.78, 5) is 28.2. The molecule has 9 nitrogen and oxygen atoms in total. The number of carbonyl (C=O) groups is 1. The van der Waals surface area contributed by atoms with Gasteiger partial charge in [-0.15, -0.1) is 0 Å². The number of fused-ring (bicyclic) bond motifs is 1. The summed E-state index contributed by atoms with van der Waals surface area (Å²) in [5, 5.41) is 21.1. The summed E-state index contributed by atoms with van der Waals surface area (Å²) < 4.78 is 21.6. The summed E-state index contributed by atoms with van der Waals surface area (Å²) in [6.45, 7) is 2.73. The number of halogens is 2. The zero-order valence-corrected chi connectivity index (χ0v) is 21.3. The molecule has 198 valence electrons. The highest BCUT2D eigenvalue weighted by Crippen LogP contribution is 2.37. The van der Waals surface area contributed by atoms with Crippen molar-refractivity contribution in [2.45, 2.75) is 25.0 Å². The number of nitriles is 1. The van der Waals surface area contributed by atoms with Gasteiger partial charge in [-0.05, 0) is 49.2 Å². The van der Waals surface area contributed by atoms with Crippen LogP contribution in [0.15, 0.2) is 47.4 Å². The number of amides is 1. The number of ether oxygens (including phenoxy) is 1. The second kappa shape index (κ2) is 11.1. The van der Waals surface area contributed by atoms with Crippen LogP contribution >= 0.6 is 11.6 Å². The van der Waals surface area contributed by atoms with E-state index in [0.29, 0.717) is 49.6 Å². The lowest BCUT2D eigenvalue weighted by Gasteiger charge is -2.35. The van der Waals surface area contributed by atoms with Crippen molar-refractivity contribution in [2.75, 3.05) is 39.3 Å². The number of aromatic nitrogens is 1. The summed E-state index contributed by atoms with van der Waals surface area (Å²) >= 11 is 5.95. The van der Waals surface area contributed by atoms with E-state index in [-0.39, 0.29) is 28.6 Å². The second-order valence-corrected chi connectivity index (χ2v) is 10.0. The Balaban J connectivity index is 1.16. The molecule has 2 heterocycles. The van der Waals surface area contributed by atoms with E-state index in [9.17, 15) is 19.1 Å². The Bertz CT molecular complexity index is 1440. The molecule has 11 heteroatoms. The molecule has 38 heavy (non-hydrogen) atoms. The molecule has 1 amide bonds. The Hall–Kier alpha value is -3.49. The van der Waals surface area contributed by atoms with Crippen LogP contribution in [-0.2, 0) is 0 Å². The van der Waals surface area contributed by atoms with Crippen LogP contribution in [0, 0.1) is 17.1 Å². The van der Waals surface area contributed by atoms with Gasteiger partial charge in [0.15, 0.2) is 0 Å². The van der Waals surface area contributed by atoms with Crippen LogP contribution in [0.2, 0.25) is 5.02 Å². The van der Waals surface area contributed by atoms with Crippen molar-refractivity contribution >= 4 is 28.4 Å². The molecule has 1 saturated heterocycles. The maximum absolute atomic E-state index is 14.1. The first-order valence-corrected chi connectivity index (χ1v) is 12.8. The maximum Gasteiger partial charge on any atom is 0.271 e. The molecule has 2 fully saturated rings. The molecule has 1 aliphatic heterocycles. The monoisotopic (exact) mass is 539 g/mol. The number of nitrogens with zero attached hydrogens (tertiary/aromatic N) is 4. The van der Waals surface area contributed by atoms with Crippen LogP contribution in [0.25, 0.3) is 10.9 Å².